The van der Waals surface area contributed by atoms with Crippen molar-refractivity contribution in [1.29, 1.82) is 0 Å². The highest BCUT2D eigenvalue weighted by Crippen LogP contribution is 2.46. The maximum absolute atomic E-state index is 10.8. The molecule has 1 fully saturated rings. The van der Waals surface area contributed by atoms with Crippen LogP contribution in [0.15, 0.2) is 12.1 Å². The molecule has 0 bridgehead atoms. The highest BCUT2D eigenvalue weighted by Gasteiger charge is 2.42. The number of carboxylic acids is 1. The first kappa shape index (κ1) is 13.9. The van der Waals surface area contributed by atoms with E-state index in [0.717, 1.165) is 28.9 Å². The van der Waals surface area contributed by atoms with Crippen LogP contribution in [0.4, 0.5) is 0 Å². The number of carbonyl (C=O) groups is 1. The lowest BCUT2D eigenvalue weighted by molar-refractivity contribution is -0.166. The SMILES string of the molecule is COc1c(C)cc(C)cc1C1(CCC(=O)O)CCO1. The number of benzene rings is 1. The Hall–Kier alpha value is -1.55. The zero-order chi connectivity index (χ0) is 14.0. The fraction of sp³-hybridized carbons (Fsp3) is 0.533. The van der Waals surface area contributed by atoms with Gasteiger partial charge in [0.2, 0.25) is 0 Å². The van der Waals surface area contributed by atoms with Crippen LogP contribution in [0.2, 0.25) is 0 Å². The van der Waals surface area contributed by atoms with Gasteiger partial charge in [-0.3, -0.25) is 4.79 Å². The number of aliphatic carboxylic acids is 1. The zero-order valence-corrected chi connectivity index (χ0v) is 11.7. The van der Waals surface area contributed by atoms with Gasteiger partial charge in [0.15, 0.2) is 0 Å². The molecule has 2 rings (SSSR count). The third-order valence-corrected chi connectivity index (χ3v) is 3.74. The second kappa shape index (κ2) is 5.21. The van der Waals surface area contributed by atoms with E-state index in [1.165, 1.54) is 0 Å². The van der Waals surface area contributed by atoms with Gasteiger partial charge in [-0.05, 0) is 31.9 Å². The lowest BCUT2D eigenvalue weighted by Crippen LogP contribution is -2.41. The van der Waals surface area contributed by atoms with Crippen molar-refractivity contribution in [3.8, 4) is 5.75 Å². The van der Waals surface area contributed by atoms with Gasteiger partial charge in [-0.25, -0.2) is 0 Å². The molecular formula is C15H20O4. The van der Waals surface area contributed by atoms with E-state index in [2.05, 4.69) is 6.07 Å². The predicted octanol–water partition coefficient (Wildman–Crippen LogP) is 2.79. The minimum Gasteiger partial charge on any atom is -0.496 e. The summed E-state index contributed by atoms with van der Waals surface area (Å²) in [7, 11) is 1.64. The van der Waals surface area contributed by atoms with Gasteiger partial charge >= 0.3 is 5.97 Å². The first-order valence-electron chi connectivity index (χ1n) is 6.50. The van der Waals surface area contributed by atoms with Gasteiger partial charge < -0.3 is 14.6 Å². The molecule has 1 aliphatic rings. The van der Waals surface area contributed by atoms with Crippen LogP contribution in [0.3, 0.4) is 0 Å². The normalized spacial score (nSPS) is 21.8. The fourth-order valence-corrected chi connectivity index (χ4v) is 2.77. The minimum atomic E-state index is -0.793. The van der Waals surface area contributed by atoms with E-state index in [4.69, 9.17) is 14.6 Å². The van der Waals surface area contributed by atoms with Gasteiger partial charge in [0, 0.05) is 18.4 Å². The van der Waals surface area contributed by atoms with Crippen LogP contribution in [-0.4, -0.2) is 24.8 Å². The van der Waals surface area contributed by atoms with E-state index < -0.39 is 11.6 Å². The van der Waals surface area contributed by atoms with E-state index in [1.807, 2.05) is 19.9 Å². The minimum absolute atomic E-state index is 0.107. The summed E-state index contributed by atoms with van der Waals surface area (Å²) < 4.78 is 11.3. The monoisotopic (exact) mass is 264 g/mol. The average molecular weight is 264 g/mol. The lowest BCUT2D eigenvalue weighted by Gasteiger charge is -2.43. The highest BCUT2D eigenvalue weighted by molar-refractivity contribution is 5.67. The number of carboxylic acid groups (broad SMARTS) is 1. The molecule has 4 heteroatoms. The van der Waals surface area contributed by atoms with Crippen molar-refractivity contribution in [2.75, 3.05) is 13.7 Å². The number of ether oxygens (including phenoxy) is 2. The van der Waals surface area contributed by atoms with Crippen LogP contribution >= 0.6 is 0 Å². The molecule has 0 amide bonds. The van der Waals surface area contributed by atoms with Gasteiger partial charge in [0.25, 0.3) is 0 Å². The van der Waals surface area contributed by atoms with Crippen LogP contribution in [0.5, 0.6) is 5.75 Å². The molecule has 19 heavy (non-hydrogen) atoms. The van der Waals surface area contributed by atoms with E-state index in [0.29, 0.717) is 13.0 Å². The van der Waals surface area contributed by atoms with E-state index in [-0.39, 0.29) is 6.42 Å². The molecule has 0 aromatic heterocycles. The molecule has 0 saturated carbocycles. The maximum atomic E-state index is 10.8. The summed E-state index contributed by atoms with van der Waals surface area (Å²) in [5.41, 5.74) is 2.70. The molecule has 1 heterocycles. The standard InChI is InChI=1S/C15H20O4/c1-10-8-11(2)14(18-3)12(9-10)15(6-7-19-15)5-4-13(16)17/h8-9H,4-7H2,1-3H3,(H,16,17). The Kier molecular flexibility index (Phi) is 3.80. The summed E-state index contributed by atoms with van der Waals surface area (Å²) >= 11 is 0. The summed E-state index contributed by atoms with van der Waals surface area (Å²) in [5, 5.41) is 8.89. The van der Waals surface area contributed by atoms with Crippen molar-refractivity contribution in [2.45, 2.75) is 38.7 Å². The summed E-state index contributed by atoms with van der Waals surface area (Å²) in [6, 6.07) is 4.11. The Bertz CT molecular complexity index is 489. The second-order valence-electron chi connectivity index (χ2n) is 5.15. The molecule has 1 N–H and O–H groups in total. The van der Waals surface area contributed by atoms with E-state index in [1.54, 1.807) is 7.11 Å². The highest BCUT2D eigenvalue weighted by atomic mass is 16.5. The van der Waals surface area contributed by atoms with Crippen LogP contribution in [0, 0.1) is 13.8 Å². The average Bonchev–Trinajstić information content (AvgIpc) is 2.26. The van der Waals surface area contributed by atoms with Crippen molar-refractivity contribution in [2.24, 2.45) is 0 Å². The molecule has 4 nitrogen and oxygen atoms in total. The lowest BCUT2D eigenvalue weighted by atomic mass is 9.80. The van der Waals surface area contributed by atoms with Gasteiger partial charge in [0.05, 0.1) is 19.3 Å². The number of hydrogen-bond acceptors (Lipinski definition) is 3. The van der Waals surface area contributed by atoms with Crippen molar-refractivity contribution >= 4 is 5.97 Å². The van der Waals surface area contributed by atoms with Gasteiger partial charge in [-0.15, -0.1) is 0 Å². The third kappa shape index (κ3) is 2.59. The molecule has 1 aromatic rings. The van der Waals surface area contributed by atoms with E-state index in [9.17, 15) is 4.79 Å². The molecule has 0 spiro atoms. The first-order valence-corrected chi connectivity index (χ1v) is 6.50. The Morgan fingerprint density at radius 1 is 1.47 bits per heavy atom. The Morgan fingerprint density at radius 3 is 2.63 bits per heavy atom. The first-order chi connectivity index (χ1) is 8.98. The Morgan fingerprint density at radius 2 is 2.16 bits per heavy atom. The molecule has 1 unspecified atom stereocenters. The third-order valence-electron chi connectivity index (χ3n) is 3.74. The van der Waals surface area contributed by atoms with Crippen LogP contribution in [-0.2, 0) is 15.1 Å². The quantitative estimate of drug-likeness (QED) is 0.888. The van der Waals surface area contributed by atoms with Crippen LogP contribution in [0.25, 0.3) is 0 Å². The molecule has 0 aliphatic carbocycles. The smallest absolute Gasteiger partial charge is 0.303 e. The van der Waals surface area contributed by atoms with Crippen molar-refractivity contribution in [1.82, 2.24) is 0 Å². The summed E-state index contributed by atoms with van der Waals surface area (Å²) in [6.45, 7) is 4.70. The molecule has 1 aromatic carbocycles. The zero-order valence-electron chi connectivity index (χ0n) is 11.7. The van der Waals surface area contributed by atoms with E-state index >= 15 is 0 Å². The maximum Gasteiger partial charge on any atom is 0.303 e. The topological polar surface area (TPSA) is 55.8 Å². The van der Waals surface area contributed by atoms with Gasteiger partial charge in [0.1, 0.15) is 5.75 Å². The molecular weight excluding hydrogens is 244 g/mol. The van der Waals surface area contributed by atoms with Gasteiger partial charge in [-0.2, -0.15) is 0 Å². The summed E-state index contributed by atoms with van der Waals surface area (Å²) in [6.07, 6.45) is 1.44. The largest absolute Gasteiger partial charge is 0.496 e. The molecule has 1 aliphatic heterocycles. The number of methoxy groups -OCH3 is 1. The number of aryl methyl sites for hydroxylation is 2. The second-order valence-corrected chi connectivity index (χ2v) is 5.15. The van der Waals surface area contributed by atoms with Crippen LogP contribution < -0.4 is 4.74 Å². The van der Waals surface area contributed by atoms with Gasteiger partial charge in [-0.1, -0.05) is 11.6 Å². The van der Waals surface area contributed by atoms with Crippen molar-refractivity contribution < 1.29 is 19.4 Å². The summed E-state index contributed by atoms with van der Waals surface area (Å²) in [5.74, 6) is 0.0221. The molecule has 0 radical (unpaired) electrons. The number of hydrogen-bond donors (Lipinski definition) is 1. The molecule has 1 atom stereocenters. The summed E-state index contributed by atoms with van der Waals surface area (Å²) in [4.78, 5) is 10.8. The molecule has 104 valence electrons. The Balaban J connectivity index is 2.40. The fourth-order valence-electron chi connectivity index (χ4n) is 2.77. The molecule has 1 saturated heterocycles. The number of rotatable bonds is 5. The predicted molar refractivity (Wildman–Crippen MR) is 71.6 cm³/mol. The van der Waals surface area contributed by atoms with Crippen molar-refractivity contribution in [3.63, 3.8) is 0 Å². The van der Waals surface area contributed by atoms with Crippen LogP contribution in [0.1, 0.15) is 36.0 Å². The van der Waals surface area contributed by atoms with Crippen molar-refractivity contribution in [3.05, 3.63) is 28.8 Å². The Labute approximate surface area is 113 Å².